The van der Waals surface area contributed by atoms with Crippen LogP contribution in [0.1, 0.15) is 12.6 Å². The summed E-state index contributed by atoms with van der Waals surface area (Å²) in [5, 5.41) is 8.29. The van der Waals surface area contributed by atoms with Gasteiger partial charge < -0.3 is 19.3 Å². The molecule has 0 radical (unpaired) electrons. The average Bonchev–Trinajstić information content (AvgIpc) is 2.68. The fraction of sp³-hybridized carbons (Fsp3) is 0.421. The number of rotatable bonds is 6. The molecule has 1 aromatic heterocycles. The van der Waals surface area contributed by atoms with Crippen molar-refractivity contribution in [3.05, 3.63) is 42.1 Å². The van der Waals surface area contributed by atoms with Gasteiger partial charge in [-0.15, -0.1) is 5.10 Å². The molecule has 0 bridgehead atoms. The standard InChI is InChI=1S/C19H24N4O3/c1-3-25-16-5-7-17(8-6-16)26-14-19(24)23-12-10-22(11-13-23)18-9-4-15(2)20-21-18/h4-9H,3,10-14H2,1-2H3. The lowest BCUT2D eigenvalue weighted by Gasteiger charge is -2.35. The van der Waals surface area contributed by atoms with E-state index >= 15 is 0 Å². The van der Waals surface area contributed by atoms with Gasteiger partial charge in [0.05, 0.1) is 12.3 Å². The summed E-state index contributed by atoms with van der Waals surface area (Å²) in [6, 6.07) is 11.2. The normalized spacial score (nSPS) is 14.2. The zero-order valence-corrected chi connectivity index (χ0v) is 15.2. The molecule has 0 aliphatic carbocycles. The van der Waals surface area contributed by atoms with E-state index in [0.29, 0.717) is 25.4 Å². The maximum Gasteiger partial charge on any atom is 0.260 e. The minimum absolute atomic E-state index is 0.00600. The van der Waals surface area contributed by atoms with E-state index in [1.165, 1.54) is 0 Å². The van der Waals surface area contributed by atoms with E-state index in [2.05, 4.69) is 15.1 Å². The molecule has 7 heteroatoms. The highest BCUT2D eigenvalue weighted by atomic mass is 16.5. The molecule has 1 fully saturated rings. The Bertz CT molecular complexity index is 711. The summed E-state index contributed by atoms with van der Waals surface area (Å²) in [6.07, 6.45) is 0. The molecule has 1 aromatic carbocycles. The maximum atomic E-state index is 12.4. The van der Waals surface area contributed by atoms with Crippen LogP contribution in [-0.2, 0) is 4.79 Å². The second-order valence-electron chi connectivity index (χ2n) is 6.09. The smallest absolute Gasteiger partial charge is 0.260 e. The Hall–Kier alpha value is -2.83. The molecule has 26 heavy (non-hydrogen) atoms. The van der Waals surface area contributed by atoms with Crippen LogP contribution in [0.4, 0.5) is 5.82 Å². The number of piperazine rings is 1. The van der Waals surface area contributed by atoms with Gasteiger partial charge in [0.15, 0.2) is 12.4 Å². The second kappa shape index (κ2) is 8.51. The molecule has 1 amide bonds. The maximum absolute atomic E-state index is 12.4. The van der Waals surface area contributed by atoms with Gasteiger partial charge in [-0.05, 0) is 50.2 Å². The number of ether oxygens (including phenoxy) is 2. The Morgan fingerprint density at radius 2 is 1.62 bits per heavy atom. The summed E-state index contributed by atoms with van der Waals surface area (Å²) in [7, 11) is 0. The molecule has 2 heterocycles. The Labute approximate surface area is 153 Å². The van der Waals surface area contributed by atoms with Gasteiger partial charge in [-0.2, -0.15) is 5.10 Å². The summed E-state index contributed by atoms with van der Waals surface area (Å²) in [4.78, 5) is 16.3. The van der Waals surface area contributed by atoms with E-state index in [-0.39, 0.29) is 12.5 Å². The van der Waals surface area contributed by atoms with Crippen molar-refractivity contribution in [2.45, 2.75) is 13.8 Å². The quantitative estimate of drug-likeness (QED) is 0.788. The van der Waals surface area contributed by atoms with Crippen LogP contribution < -0.4 is 14.4 Å². The van der Waals surface area contributed by atoms with Crippen molar-refractivity contribution in [1.82, 2.24) is 15.1 Å². The molecule has 3 rings (SSSR count). The third-order valence-electron chi connectivity index (χ3n) is 4.24. The molecule has 1 saturated heterocycles. The number of hydrogen-bond donors (Lipinski definition) is 0. The number of nitrogens with zero attached hydrogens (tertiary/aromatic N) is 4. The van der Waals surface area contributed by atoms with Gasteiger partial charge in [-0.1, -0.05) is 0 Å². The minimum Gasteiger partial charge on any atom is -0.494 e. The fourth-order valence-corrected chi connectivity index (χ4v) is 2.78. The summed E-state index contributed by atoms with van der Waals surface area (Å²) >= 11 is 0. The summed E-state index contributed by atoms with van der Waals surface area (Å²) in [5.41, 5.74) is 0.897. The molecule has 0 saturated carbocycles. The van der Waals surface area contributed by atoms with Crippen LogP contribution in [-0.4, -0.2) is 60.4 Å². The van der Waals surface area contributed by atoms with E-state index in [0.717, 1.165) is 30.4 Å². The first-order valence-corrected chi connectivity index (χ1v) is 8.84. The Balaban J connectivity index is 1.45. The molecular weight excluding hydrogens is 332 g/mol. The molecule has 1 aliphatic rings. The molecule has 0 spiro atoms. The van der Waals surface area contributed by atoms with Gasteiger partial charge in [-0.25, -0.2) is 0 Å². The summed E-state index contributed by atoms with van der Waals surface area (Å²) in [5.74, 6) is 2.30. The topological polar surface area (TPSA) is 67.8 Å². The third kappa shape index (κ3) is 4.62. The zero-order valence-electron chi connectivity index (χ0n) is 15.2. The third-order valence-corrected chi connectivity index (χ3v) is 4.24. The number of aryl methyl sites for hydroxylation is 1. The van der Waals surface area contributed by atoms with E-state index in [9.17, 15) is 4.79 Å². The van der Waals surface area contributed by atoms with Crippen molar-refractivity contribution in [1.29, 1.82) is 0 Å². The molecule has 1 aliphatic heterocycles. The summed E-state index contributed by atoms with van der Waals surface area (Å²) < 4.78 is 11.0. The van der Waals surface area contributed by atoms with Crippen LogP contribution in [0.25, 0.3) is 0 Å². The van der Waals surface area contributed by atoms with Crippen LogP contribution >= 0.6 is 0 Å². The van der Waals surface area contributed by atoms with Crippen LogP contribution in [0.15, 0.2) is 36.4 Å². The zero-order chi connectivity index (χ0) is 18.4. The van der Waals surface area contributed by atoms with Crippen molar-refractivity contribution in [3.8, 4) is 11.5 Å². The van der Waals surface area contributed by atoms with Gasteiger partial charge in [0.25, 0.3) is 5.91 Å². The summed E-state index contributed by atoms with van der Waals surface area (Å²) in [6.45, 7) is 7.31. The van der Waals surface area contributed by atoms with Crippen molar-refractivity contribution < 1.29 is 14.3 Å². The largest absolute Gasteiger partial charge is 0.494 e. The lowest BCUT2D eigenvalue weighted by Crippen LogP contribution is -2.50. The molecule has 2 aromatic rings. The highest BCUT2D eigenvalue weighted by Crippen LogP contribution is 2.18. The Morgan fingerprint density at radius 3 is 2.19 bits per heavy atom. The number of aromatic nitrogens is 2. The van der Waals surface area contributed by atoms with Crippen molar-refractivity contribution in [2.75, 3.05) is 44.3 Å². The van der Waals surface area contributed by atoms with Gasteiger partial charge in [0.2, 0.25) is 0 Å². The molecular formula is C19H24N4O3. The Morgan fingerprint density at radius 1 is 0.962 bits per heavy atom. The number of carbonyl (C=O) groups excluding carboxylic acids is 1. The first-order chi connectivity index (χ1) is 12.7. The predicted molar refractivity (Wildman–Crippen MR) is 98.7 cm³/mol. The van der Waals surface area contributed by atoms with Gasteiger partial charge in [0, 0.05) is 26.2 Å². The molecule has 138 valence electrons. The molecule has 0 unspecified atom stereocenters. The van der Waals surface area contributed by atoms with Crippen LogP contribution in [0.5, 0.6) is 11.5 Å². The average molecular weight is 356 g/mol. The van der Waals surface area contributed by atoms with Crippen LogP contribution in [0, 0.1) is 6.92 Å². The molecule has 0 N–H and O–H groups in total. The van der Waals surface area contributed by atoms with Gasteiger partial charge in [0.1, 0.15) is 11.5 Å². The van der Waals surface area contributed by atoms with Gasteiger partial charge >= 0.3 is 0 Å². The number of anilines is 1. The second-order valence-corrected chi connectivity index (χ2v) is 6.09. The first-order valence-electron chi connectivity index (χ1n) is 8.84. The number of hydrogen-bond acceptors (Lipinski definition) is 6. The minimum atomic E-state index is -0.00600. The van der Waals surface area contributed by atoms with Crippen molar-refractivity contribution in [2.24, 2.45) is 0 Å². The Kier molecular flexibility index (Phi) is 5.88. The monoisotopic (exact) mass is 356 g/mol. The SMILES string of the molecule is CCOc1ccc(OCC(=O)N2CCN(c3ccc(C)nn3)CC2)cc1. The highest BCUT2D eigenvalue weighted by molar-refractivity contribution is 5.78. The highest BCUT2D eigenvalue weighted by Gasteiger charge is 2.22. The van der Waals surface area contributed by atoms with E-state index < -0.39 is 0 Å². The van der Waals surface area contributed by atoms with Crippen molar-refractivity contribution >= 4 is 11.7 Å². The van der Waals surface area contributed by atoms with Crippen molar-refractivity contribution in [3.63, 3.8) is 0 Å². The predicted octanol–water partition coefficient (Wildman–Crippen LogP) is 1.91. The fourth-order valence-electron chi connectivity index (χ4n) is 2.78. The van der Waals surface area contributed by atoms with E-state index in [1.54, 1.807) is 0 Å². The number of benzene rings is 1. The first kappa shape index (κ1) is 18.0. The molecule has 0 atom stereocenters. The lowest BCUT2D eigenvalue weighted by atomic mass is 10.3. The number of carbonyl (C=O) groups is 1. The lowest BCUT2D eigenvalue weighted by molar-refractivity contribution is -0.133. The van der Waals surface area contributed by atoms with E-state index in [4.69, 9.17) is 9.47 Å². The number of amides is 1. The molecule has 7 nitrogen and oxygen atoms in total. The van der Waals surface area contributed by atoms with E-state index in [1.807, 2.05) is 55.1 Å². The van der Waals surface area contributed by atoms with Gasteiger partial charge in [-0.3, -0.25) is 4.79 Å². The van der Waals surface area contributed by atoms with Crippen LogP contribution in [0.2, 0.25) is 0 Å². The van der Waals surface area contributed by atoms with Crippen LogP contribution in [0.3, 0.4) is 0 Å².